The molecule has 0 amide bonds. The second-order valence-electron chi connectivity index (χ2n) is 2.10. The fourth-order valence-corrected chi connectivity index (χ4v) is 3.50. The van der Waals surface area contributed by atoms with Crippen molar-refractivity contribution in [2.24, 2.45) is 0 Å². The summed E-state index contributed by atoms with van der Waals surface area (Å²) in [5, 5.41) is 0. The Kier molecular flexibility index (Phi) is 1.03. The Morgan fingerprint density at radius 1 is 1.30 bits per heavy atom. The summed E-state index contributed by atoms with van der Waals surface area (Å²) in [5.74, 6) is 0. The number of hydrogen-bond acceptors (Lipinski definition) is 2. The first-order valence-corrected chi connectivity index (χ1v) is 4.94. The largest absolute Gasteiger partial charge is 0.218 e. The molecule has 0 aromatic rings. The Hall–Kier alpha value is -0.350. The quantitative estimate of drug-likeness (QED) is 0.618. The van der Waals surface area contributed by atoms with Crippen LogP contribution in [0.5, 0.6) is 0 Å². The van der Waals surface area contributed by atoms with Crippen LogP contribution in [-0.4, -0.2) is 8.42 Å². The van der Waals surface area contributed by atoms with Crippen molar-refractivity contribution in [3.05, 3.63) is 32.5 Å². The Morgan fingerprint density at radius 2 is 2.00 bits per heavy atom. The zero-order valence-corrected chi connectivity index (χ0v) is 7.24. The van der Waals surface area contributed by atoms with Crippen molar-refractivity contribution in [1.29, 1.82) is 0 Å². The van der Waals surface area contributed by atoms with Crippen molar-refractivity contribution in [2.45, 2.75) is 0 Å². The number of hydrogen-bond donors (Lipinski definition) is 0. The van der Waals surface area contributed by atoms with Crippen molar-refractivity contribution in [3.8, 4) is 0 Å². The summed E-state index contributed by atoms with van der Waals surface area (Å²) >= 11 is 3.14. The molecule has 52 valence electrons. The monoisotopic (exact) mass is 218 g/mol. The maximum atomic E-state index is 11.1. The van der Waals surface area contributed by atoms with E-state index in [-0.39, 0.29) is 0 Å². The van der Waals surface area contributed by atoms with Gasteiger partial charge in [-0.15, -0.1) is 0 Å². The van der Waals surface area contributed by atoms with Crippen molar-refractivity contribution >= 4 is 25.8 Å². The minimum atomic E-state index is -3.06. The lowest BCUT2D eigenvalue weighted by atomic mass is 10.3. The highest BCUT2D eigenvalue weighted by molar-refractivity contribution is 9.12. The molecule has 2 bridgehead atoms. The summed E-state index contributed by atoms with van der Waals surface area (Å²) in [7, 11) is -3.06. The highest BCUT2D eigenvalue weighted by Gasteiger charge is 2.32. The van der Waals surface area contributed by atoms with Gasteiger partial charge in [0.25, 0.3) is 0 Å². The van der Waals surface area contributed by atoms with Gasteiger partial charge < -0.3 is 0 Å². The van der Waals surface area contributed by atoms with E-state index < -0.39 is 9.84 Å². The van der Waals surface area contributed by atoms with Crippen LogP contribution in [0, 0.1) is 0 Å². The van der Waals surface area contributed by atoms with E-state index in [1.807, 2.05) is 0 Å². The van der Waals surface area contributed by atoms with Gasteiger partial charge in [-0.2, -0.15) is 0 Å². The average molecular weight is 219 g/mol. The fourth-order valence-electron chi connectivity index (χ4n) is 0.994. The maximum absolute atomic E-state index is 11.1. The molecule has 0 atom stereocenters. The Morgan fingerprint density at radius 3 is 2.20 bits per heavy atom. The molecule has 0 saturated heterocycles. The van der Waals surface area contributed by atoms with Crippen molar-refractivity contribution < 1.29 is 8.42 Å². The summed E-state index contributed by atoms with van der Waals surface area (Å²) in [5.41, 5.74) is 0. The maximum Gasteiger partial charge on any atom is 0.207 e. The summed E-state index contributed by atoms with van der Waals surface area (Å²) in [6.45, 7) is 0. The van der Waals surface area contributed by atoms with Gasteiger partial charge in [0.2, 0.25) is 9.84 Å². The average Bonchev–Trinajstić information content (AvgIpc) is 2.20. The highest BCUT2D eigenvalue weighted by Crippen LogP contribution is 2.39. The first kappa shape index (κ1) is 6.37. The molecule has 2 aliphatic rings. The number of allylic oxidation sites excluding steroid dienone is 4. The van der Waals surface area contributed by atoms with Crippen LogP contribution in [0.3, 0.4) is 0 Å². The molecule has 0 aliphatic carbocycles. The first-order chi connectivity index (χ1) is 4.62. The molecule has 4 heteroatoms. The van der Waals surface area contributed by atoms with E-state index in [0.29, 0.717) is 14.3 Å². The number of rotatable bonds is 0. The molecule has 10 heavy (non-hydrogen) atoms. The molecule has 0 N–H and O–H groups in total. The summed E-state index contributed by atoms with van der Waals surface area (Å²) in [6, 6.07) is 0. The van der Waals surface area contributed by atoms with E-state index in [2.05, 4.69) is 15.9 Å². The molecule has 2 aliphatic heterocycles. The SMILES string of the molecule is O=S1(=O)C2=CC(Br)=C1C=C2. The standard InChI is InChI=1S/C6H3BrO2S/c7-5-3-4-1-2-6(5)10(4,8)9/h1-3H. The molecular weight excluding hydrogens is 216 g/mol. The van der Waals surface area contributed by atoms with Gasteiger partial charge in [0, 0.05) is 4.48 Å². The van der Waals surface area contributed by atoms with E-state index in [9.17, 15) is 8.42 Å². The van der Waals surface area contributed by atoms with Crippen LogP contribution in [0.15, 0.2) is 32.5 Å². The van der Waals surface area contributed by atoms with Gasteiger partial charge in [0.1, 0.15) is 0 Å². The molecular formula is C6H3BrO2S. The van der Waals surface area contributed by atoms with Gasteiger partial charge in [-0.1, -0.05) is 0 Å². The molecule has 2 rings (SSSR count). The topological polar surface area (TPSA) is 34.1 Å². The Balaban J connectivity index is 2.90. The van der Waals surface area contributed by atoms with Crippen LogP contribution in [0.1, 0.15) is 0 Å². The van der Waals surface area contributed by atoms with Gasteiger partial charge in [0.15, 0.2) is 0 Å². The van der Waals surface area contributed by atoms with E-state index in [1.54, 1.807) is 18.2 Å². The van der Waals surface area contributed by atoms with Gasteiger partial charge in [-0.25, -0.2) is 8.42 Å². The van der Waals surface area contributed by atoms with Gasteiger partial charge in [-0.05, 0) is 34.2 Å². The lowest BCUT2D eigenvalue weighted by molar-refractivity contribution is 0.611. The molecule has 0 unspecified atom stereocenters. The van der Waals surface area contributed by atoms with Crippen LogP contribution >= 0.6 is 15.9 Å². The van der Waals surface area contributed by atoms with Crippen LogP contribution in [0.25, 0.3) is 0 Å². The van der Waals surface area contributed by atoms with E-state index in [1.165, 1.54) is 0 Å². The molecule has 0 radical (unpaired) electrons. The minimum absolute atomic E-state index is 0.391. The molecule has 0 aromatic carbocycles. The number of sulfone groups is 1. The molecule has 0 fully saturated rings. The smallest absolute Gasteiger partial charge is 0.207 e. The van der Waals surface area contributed by atoms with Crippen LogP contribution < -0.4 is 0 Å². The third-order valence-corrected chi connectivity index (χ3v) is 4.23. The lowest BCUT2D eigenvalue weighted by Crippen LogP contribution is -1.92. The third-order valence-electron chi connectivity index (χ3n) is 1.50. The predicted molar refractivity (Wildman–Crippen MR) is 42.1 cm³/mol. The molecule has 0 spiro atoms. The normalized spacial score (nSPS) is 25.9. The predicted octanol–water partition coefficient (Wildman–Crippen LogP) is 1.48. The first-order valence-electron chi connectivity index (χ1n) is 2.67. The van der Waals surface area contributed by atoms with E-state index in [0.717, 1.165) is 0 Å². The molecule has 2 heterocycles. The van der Waals surface area contributed by atoms with Crippen LogP contribution in [0.4, 0.5) is 0 Å². The Bertz CT molecular complexity index is 384. The lowest BCUT2D eigenvalue weighted by Gasteiger charge is -1.88. The molecule has 0 saturated carbocycles. The van der Waals surface area contributed by atoms with Crippen molar-refractivity contribution in [1.82, 2.24) is 0 Å². The van der Waals surface area contributed by atoms with Crippen LogP contribution in [0.2, 0.25) is 0 Å². The minimum Gasteiger partial charge on any atom is -0.218 e. The summed E-state index contributed by atoms with van der Waals surface area (Å²) < 4.78 is 23.0. The second-order valence-corrected chi connectivity index (χ2v) is 4.87. The zero-order chi connectivity index (χ0) is 7.35. The highest BCUT2D eigenvalue weighted by atomic mass is 79.9. The van der Waals surface area contributed by atoms with Crippen molar-refractivity contribution in [3.63, 3.8) is 0 Å². The summed E-state index contributed by atoms with van der Waals surface area (Å²) in [6.07, 6.45) is 4.83. The van der Waals surface area contributed by atoms with Crippen molar-refractivity contribution in [2.75, 3.05) is 0 Å². The Labute approximate surface area is 67.0 Å². The molecule has 2 nitrogen and oxygen atoms in total. The van der Waals surface area contributed by atoms with Gasteiger partial charge >= 0.3 is 0 Å². The van der Waals surface area contributed by atoms with E-state index in [4.69, 9.17) is 0 Å². The van der Waals surface area contributed by atoms with Gasteiger partial charge in [-0.3, -0.25) is 0 Å². The fraction of sp³-hybridized carbons (Fsp3) is 0. The van der Waals surface area contributed by atoms with Gasteiger partial charge in [0.05, 0.1) is 9.81 Å². The number of fused-ring (bicyclic) bond motifs is 2. The van der Waals surface area contributed by atoms with Crippen LogP contribution in [-0.2, 0) is 9.84 Å². The molecule has 0 aromatic heterocycles. The van der Waals surface area contributed by atoms with E-state index >= 15 is 0 Å². The second kappa shape index (κ2) is 1.62. The zero-order valence-electron chi connectivity index (χ0n) is 4.83. The third kappa shape index (κ3) is 0.557. The summed E-state index contributed by atoms with van der Waals surface area (Å²) in [4.78, 5) is 0.789. The number of halogens is 1.